The normalized spacial score (nSPS) is 12.0. The minimum atomic E-state index is 0.830. The van der Waals surface area contributed by atoms with Crippen LogP contribution in [0.5, 0.6) is 0 Å². The molecule has 4 aromatic heterocycles. The summed E-state index contributed by atoms with van der Waals surface area (Å²) >= 11 is 7.20. The second-order valence-corrected chi connectivity index (χ2v) is 14.9. The summed E-state index contributed by atoms with van der Waals surface area (Å²) in [6.45, 7) is 8.99. The molecule has 0 bridgehead atoms. The number of thiophene rings is 4. The Kier molecular flexibility index (Phi) is 7.97. The highest BCUT2D eigenvalue weighted by Gasteiger charge is 2.22. The third kappa shape index (κ3) is 4.48. The first-order valence-corrected chi connectivity index (χ1v) is 17.7. The van der Waals surface area contributed by atoms with Crippen molar-refractivity contribution in [3.63, 3.8) is 0 Å². The molecule has 0 spiro atoms. The number of aldehydes is 2. The van der Waals surface area contributed by atoms with Gasteiger partial charge in [-0.05, 0) is 93.7 Å². The second kappa shape index (κ2) is 11.5. The van der Waals surface area contributed by atoms with Crippen molar-refractivity contribution in [1.82, 2.24) is 0 Å². The molecule has 4 heterocycles. The van der Waals surface area contributed by atoms with E-state index in [4.69, 9.17) is 0 Å². The van der Waals surface area contributed by atoms with Crippen LogP contribution in [0, 0.1) is 0 Å². The van der Waals surface area contributed by atoms with Gasteiger partial charge in [-0.2, -0.15) is 0 Å². The van der Waals surface area contributed by atoms with Gasteiger partial charge in [0.1, 0.15) is 0 Å². The molecule has 206 valence electrons. The summed E-state index contributed by atoms with van der Waals surface area (Å²) < 4.78 is 5.42. The van der Waals surface area contributed by atoms with Gasteiger partial charge in [-0.15, -0.1) is 45.3 Å². The van der Waals surface area contributed by atoms with Gasteiger partial charge in [0.15, 0.2) is 12.6 Å². The molecule has 2 nitrogen and oxygen atoms in total. The average Bonchev–Trinajstić information content (AvgIpc) is 3.75. The first-order valence-electron chi connectivity index (χ1n) is 14.5. The molecular weight excluding hydrogens is 569 g/mol. The van der Waals surface area contributed by atoms with Crippen molar-refractivity contribution in [1.29, 1.82) is 0 Å². The fraction of sp³-hybridized carbons (Fsp3) is 0.353. The van der Waals surface area contributed by atoms with Crippen LogP contribution in [0.2, 0.25) is 0 Å². The molecule has 0 saturated heterocycles. The topological polar surface area (TPSA) is 34.1 Å². The molecule has 0 aliphatic rings. The van der Waals surface area contributed by atoms with E-state index in [1.807, 2.05) is 22.7 Å². The zero-order valence-electron chi connectivity index (χ0n) is 23.6. The van der Waals surface area contributed by atoms with E-state index in [-0.39, 0.29) is 0 Å². The molecule has 0 atom stereocenters. The summed E-state index contributed by atoms with van der Waals surface area (Å²) in [7, 11) is 0. The Morgan fingerprint density at radius 3 is 1.07 bits per heavy atom. The summed E-state index contributed by atoms with van der Waals surface area (Å²) in [4.78, 5) is 27.8. The van der Waals surface area contributed by atoms with Crippen molar-refractivity contribution in [3.05, 3.63) is 56.3 Å². The van der Waals surface area contributed by atoms with Crippen LogP contribution in [-0.2, 0) is 25.7 Å². The lowest BCUT2D eigenvalue weighted by molar-refractivity contribution is 0.111. The van der Waals surface area contributed by atoms with Crippen LogP contribution in [0.3, 0.4) is 0 Å². The van der Waals surface area contributed by atoms with Crippen molar-refractivity contribution in [2.24, 2.45) is 0 Å². The highest BCUT2D eigenvalue weighted by molar-refractivity contribution is 7.29. The van der Waals surface area contributed by atoms with Gasteiger partial charge in [0.2, 0.25) is 0 Å². The first-order chi connectivity index (χ1) is 19.6. The van der Waals surface area contributed by atoms with E-state index < -0.39 is 0 Å². The number of rotatable bonds is 11. The van der Waals surface area contributed by atoms with Gasteiger partial charge in [-0.25, -0.2) is 0 Å². The average molecular weight is 603 g/mol. The molecule has 0 radical (unpaired) electrons. The number of carbonyl (C=O) groups is 2. The van der Waals surface area contributed by atoms with Crippen LogP contribution in [0.15, 0.2) is 24.3 Å². The quantitative estimate of drug-likeness (QED) is 0.138. The fourth-order valence-electron chi connectivity index (χ4n) is 6.24. The van der Waals surface area contributed by atoms with Crippen molar-refractivity contribution in [2.45, 2.75) is 79.1 Å². The Morgan fingerprint density at radius 1 is 0.475 bits per heavy atom. The van der Waals surface area contributed by atoms with Crippen molar-refractivity contribution >= 4 is 98.3 Å². The molecule has 0 fully saturated rings. The van der Waals surface area contributed by atoms with E-state index in [1.165, 1.54) is 72.4 Å². The van der Waals surface area contributed by atoms with Crippen LogP contribution < -0.4 is 0 Å². The Morgan fingerprint density at radius 2 is 0.775 bits per heavy atom. The van der Waals surface area contributed by atoms with Gasteiger partial charge in [-0.1, -0.05) is 53.4 Å². The predicted molar refractivity (Wildman–Crippen MR) is 180 cm³/mol. The number of aryl methyl sites for hydroxylation is 4. The zero-order valence-corrected chi connectivity index (χ0v) is 26.8. The monoisotopic (exact) mass is 602 g/mol. The van der Waals surface area contributed by atoms with Crippen molar-refractivity contribution in [3.8, 4) is 9.75 Å². The maximum Gasteiger partial charge on any atom is 0.160 e. The predicted octanol–water partition coefficient (Wildman–Crippen LogP) is 11.6. The maximum absolute atomic E-state index is 11.7. The van der Waals surface area contributed by atoms with Gasteiger partial charge in [-0.3, -0.25) is 9.59 Å². The highest BCUT2D eigenvalue weighted by Crippen LogP contribution is 2.49. The molecule has 40 heavy (non-hydrogen) atoms. The molecule has 6 aromatic rings. The van der Waals surface area contributed by atoms with Crippen LogP contribution >= 0.6 is 45.3 Å². The zero-order chi connectivity index (χ0) is 28.0. The molecule has 6 heteroatoms. The van der Waals surface area contributed by atoms with Gasteiger partial charge in [0, 0.05) is 28.6 Å². The van der Waals surface area contributed by atoms with Crippen LogP contribution in [-0.4, -0.2) is 12.6 Å². The van der Waals surface area contributed by atoms with Gasteiger partial charge >= 0.3 is 0 Å². The van der Waals surface area contributed by atoms with Gasteiger partial charge in [0.25, 0.3) is 0 Å². The summed E-state index contributed by atoms with van der Waals surface area (Å²) in [5.41, 5.74) is 5.65. The Labute approximate surface area is 251 Å². The molecule has 0 amide bonds. The van der Waals surface area contributed by atoms with E-state index in [0.29, 0.717) is 0 Å². The van der Waals surface area contributed by atoms with Crippen molar-refractivity contribution < 1.29 is 9.59 Å². The van der Waals surface area contributed by atoms with Gasteiger partial charge < -0.3 is 0 Å². The van der Waals surface area contributed by atoms with Crippen LogP contribution in [0.25, 0.3) is 50.1 Å². The summed E-state index contributed by atoms with van der Waals surface area (Å²) in [5.74, 6) is 0. The van der Waals surface area contributed by atoms with E-state index in [2.05, 4.69) is 52.0 Å². The molecule has 0 saturated carbocycles. The number of benzene rings is 2. The second-order valence-electron chi connectivity index (χ2n) is 10.6. The minimum absolute atomic E-state index is 0.830. The lowest BCUT2D eigenvalue weighted by Crippen LogP contribution is -1.91. The lowest BCUT2D eigenvalue weighted by atomic mass is 9.96. The Balaban J connectivity index is 1.64. The Hall–Kier alpha value is -2.38. The molecule has 0 aliphatic carbocycles. The highest BCUT2D eigenvalue weighted by atomic mass is 32.1. The summed E-state index contributed by atoms with van der Waals surface area (Å²) in [6, 6.07) is 9.15. The van der Waals surface area contributed by atoms with E-state index in [1.54, 1.807) is 22.7 Å². The van der Waals surface area contributed by atoms with E-state index in [0.717, 1.165) is 73.7 Å². The molecular formula is C34H34O2S4. The molecule has 2 aromatic carbocycles. The van der Waals surface area contributed by atoms with Gasteiger partial charge in [0.05, 0.1) is 9.75 Å². The van der Waals surface area contributed by atoms with E-state index >= 15 is 0 Å². The Bertz CT molecular complexity index is 1630. The molecule has 0 aliphatic heterocycles. The number of carbonyl (C=O) groups excluding carboxylic acids is 2. The number of fused-ring (bicyclic) bond motifs is 4. The molecule has 6 rings (SSSR count). The number of hydrogen-bond donors (Lipinski definition) is 0. The first kappa shape index (κ1) is 27.8. The maximum atomic E-state index is 11.7. The standard InChI is InChI=1S/C34H34O2S4/c1-5-9-21-25-13-19(17-35)37-31(25)23(11-7-3)27-15-29(39-33(21)27)30-16-28-24(12-8-4)32-26(14-20(18-36)38-32)22(10-6-2)34(28)40-30/h13-18H,5-12H2,1-4H3. The third-order valence-corrected chi connectivity index (χ3v) is 12.7. The number of hydrogen-bond acceptors (Lipinski definition) is 6. The smallest absolute Gasteiger partial charge is 0.160 e. The van der Waals surface area contributed by atoms with E-state index in [9.17, 15) is 9.59 Å². The van der Waals surface area contributed by atoms with Crippen LogP contribution in [0.1, 0.15) is 95.0 Å². The van der Waals surface area contributed by atoms with Crippen molar-refractivity contribution in [2.75, 3.05) is 0 Å². The van der Waals surface area contributed by atoms with Crippen LogP contribution in [0.4, 0.5) is 0 Å². The molecule has 0 N–H and O–H groups in total. The fourth-order valence-corrected chi connectivity index (χ4v) is 11.0. The summed E-state index contributed by atoms with van der Waals surface area (Å²) in [5, 5.41) is 5.34. The lowest BCUT2D eigenvalue weighted by Gasteiger charge is -2.10. The molecule has 0 unspecified atom stereocenters. The minimum Gasteiger partial charge on any atom is -0.297 e. The summed E-state index contributed by atoms with van der Waals surface area (Å²) in [6.07, 6.45) is 10.5. The SMILES string of the molecule is CCCc1c2cc(-c3cc4c(CCC)c5sc(C=O)cc5c(CCC)c4s3)sc2c(CCC)c2cc(C=O)sc12. The third-order valence-electron chi connectivity index (χ3n) is 7.84. The largest absolute Gasteiger partial charge is 0.297 e.